The van der Waals surface area contributed by atoms with Crippen LogP contribution in [-0.2, 0) is 0 Å². The highest BCUT2D eigenvalue weighted by Crippen LogP contribution is 2.69. The van der Waals surface area contributed by atoms with E-state index in [1.807, 2.05) is 0 Å². The Kier molecular flexibility index (Phi) is 4.31. The van der Waals surface area contributed by atoms with Gasteiger partial charge in [0.1, 0.15) is 0 Å². The van der Waals surface area contributed by atoms with Crippen LogP contribution >= 0.6 is 0 Å². The molecule has 0 aromatic carbocycles. The zero-order chi connectivity index (χ0) is 17.8. The van der Waals surface area contributed by atoms with Gasteiger partial charge < -0.3 is 0 Å². The second-order valence-electron chi connectivity index (χ2n) is 5.56. The van der Waals surface area contributed by atoms with Crippen LogP contribution in [0.5, 0.6) is 0 Å². The third-order valence-corrected chi connectivity index (χ3v) is 4.09. The minimum Gasteiger partial charge on any atom is -0.230 e. The Morgan fingerprint density at radius 2 is 0.955 bits per heavy atom. The Morgan fingerprint density at radius 1 is 0.591 bits per heavy atom. The zero-order valence-corrected chi connectivity index (χ0v) is 11.6. The lowest BCUT2D eigenvalue weighted by Gasteiger charge is -2.54. The van der Waals surface area contributed by atoms with Gasteiger partial charge in [-0.2, -0.15) is 35.1 Å². The summed E-state index contributed by atoms with van der Waals surface area (Å²) in [7, 11) is 0. The van der Waals surface area contributed by atoms with E-state index < -0.39 is 54.8 Å². The molecule has 1 aliphatic rings. The Balaban J connectivity index is 3.55. The van der Waals surface area contributed by atoms with Gasteiger partial charge in [-0.25, -0.2) is 8.78 Å². The van der Waals surface area contributed by atoms with Crippen molar-refractivity contribution in [1.29, 1.82) is 0 Å². The molecule has 0 heterocycles. The quantitative estimate of drug-likeness (QED) is 0.461. The smallest absolute Gasteiger partial charge is 0.230 e. The number of hydrogen-bond donors (Lipinski definition) is 0. The van der Waals surface area contributed by atoms with Crippen LogP contribution in [0.25, 0.3) is 0 Å². The van der Waals surface area contributed by atoms with Crippen molar-refractivity contribution in [2.45, 2.75) is 74.6 Å². The van der Waals surface area contributed by atoms with E-state index in [-0.39, 0.29) is 12.8 Å². The van der Waals surface area contributed by atoms with E-state index in [9.17, 15) is 43.9 Å². The molecule has 0 aromatic rings. The van der Waals surface area contributed by atoms with Crippen molar-refractivity contribution in [3.8, 4) is 0 Å². The Hall–Kier alpha value is -0.700. The topological polar surface area (TPSA) is 0 Å². The summed E-state index contributed by atoms with van der Waals surface area (Å²) in [5.41, 5.74) is -11.2. The van der Waals surface area contributed by atoms with Crippen molar-refractivity contribution in [1.82, 2.24) is 0 Å². The maximum absolute atomic E-state index is 14.2. The van der Waals surface area contributed by atoms with E-state index in [1.165, 1.54) is 6.92 Å². The third-order valence-electron chi connectivity index (χ3n) is 4.09. The summed E-state index contributed by atoms with van der Waals surface area (Å²) in [6.45, 7) is 0.685. The molecule has 0 aliphatic heterocycles. The molecule has 0 atom stereocenters. The van der Waals surface area contributed by atoms with Crippen LogP contribution < -0.4 is 0 Å². The molecule has 1 rings (SSSR count). The molecule has 0 unspecified atom stereocenters. The Labute approximate surface area is 119 Å². The average molecular weight is 348 g/mol. The first-order valence-electron chi connectivity index (χ1n) is 6.45. The molecular weight excluding hydrogens is 334 g/mol. The lowest BCUT2D eigenvalue weighted by Crippen LogP contribution is -2.84. The molecule has 22 heavy (non-hydrogen) atoms. The molecule has 10 heteroatoms. The summed E-state index contributed by atoms with van der Waals surface area (Å²) in [6, 6.07) is 0. The van der Waals surface area contributed by atoms with Crippen molar-refractivity contribution in [2.75, 3.05) is 0 Å². The number of halogens is 10. The van der Waals surface area contributed by atoms with Gasteiger partial charge in [-0.05, 0) is 19.8 Å². The lowest BCUT2D eigenvalue weighted by atomic mass is 9.66. The van der Waals surface area contributed by atoms with Gasteiger partial charge in [0.25, 0.3) is 0 Å². The summed E-state index contributed by atoms with van der Waals surface area (Å²) in [6.07, 6.45) is -2.61. The van der Waals surface area contributed by atoms with Crippen LogP contribution in [0.4, 0.5) is 43.9 Å². The molecule has 0 spiro atoms. The summed E-state index contributed by atoms with van der Waals surface area (Å²) >= 11 is 0. The van der Waals surface area contributed by atoms with Gasteiger partial charge in [0.2, 0.25) is 11.3 Å². The summed E-state index contributed by atoms with van der Waals surface area (Å²) in [5, 5.41) is 0. The van der Waals surface area contributed by atoms with E-state index in [1.54, 1.807) is 0 Å². The van der Waals surface area contributed by atoms with Gasteiger partial charge in [-0.15, -0.1) is 0 Å². The van der Waals surface area contributed by atoms with Gasteiger partial charge >= 0.3 is 23.7 Å². The standard InChI is InChI=1S/C12H14F10/c1-3-4-5-6-8(14)11(19,20)9(15,16)7(2,13)10(17,18)12(8,21)22/h3-6H2,1-2H3. The summed E-state index contributed by atoms with van der Waals surface area (Å²) in [4.78, 5) is 0. The second-order valence-corrected chi connectivity index (χ2v) is 5.56. The Morgan fingerprint density at radius 3 is 1.27 bits per heavy atom. The van der Waals surface area contributed by atoms with Crippen molar-refractivity contribution < 1.29 is 43.9 Å². The van der Waals surface area contributed by atoms with Gasteiger partial charge in [-0.1, -0.05) is 19.8 Å². The van der Waals surface area contributed by atoms with E-state index in [0.29, 0.717) is 0 Å². The molecule has 0 radical (unpaired) electrons. The van der Waals surface area contributed by atoms with E-state index in [2.05, 4.69) is 0 Å². The maximum atomic E-state index is 14.2. The largest absolute Gasteiger partial charge is 0.353 e. The lowest BCUT2D eigenvalue weighted by molar-refractivity contribution is -0.458. The highest BCUT2D eigenvalue weighted by atomic mass is 19.4. The van der Waals surface area contributed by atoms with E-state index in [4.69, 9.17) is 0 Å². The molecule has 1 aliphatic carbocycles. The van der Waals surface area contributed by atoms with Gasteiger partial charge in [0, 0.05) is 0 Å². The molecule has 0 N–H and O–H groups in total. The summed E-state index contributed by atoms with van der Waals surface area (Å²) in [5.74, 6) is -25.2. The highest BCUT2D eigenvalue weighted by molar-refractivity contribution is 5.28. The highest BCUT2D eigenvalue weighted by Gasteiger charge is 2.97. The molecule has 0 aromatic heterocycles. The van der Waals surface area contributed by atoms with E-state index in [0.717, 1.165) is 0 Å². The summed E-state index contributed by atoms with van der Waals surface area (Å²) < 4.78 is 136. The number of alkyl halides is 10. The first-order valence-corrected chi connectivity index (χ1v) is 6.45. The number of rotatable bonds is 4. The van der Waals surface area contributed by atoms with E-state index >= 15 is 0 Å². The number of hydrogen-bond acceptors (Lipinski definition) is 0. The van der Waals surface area contributed by atoms with Gasteiger partial charge in [0.15, 0.2) is 0 Å². The first-order chi connectivity index (χ1) is 9.56. The Bertz CT molecular complexity index is 396. The molecule has 0 bridgehead atoms. The molecule has 0 saturated heterocycles. The van der Waals surface area contributed by atoms with Gasteiger partial charge in [-0.3, -0.25) is 0 Å². The van der Waals surface area contributed by atoms with Crippen LogP contribution in [0.2, 0.25) is 0 Å². The van der Waals surface area contributed by atoms with Crippen molar-refractivity contribution in [3.05, 3.63) is 0 Å². The average Bonchev–Trinajstić information content (AvgIpc) is 2.36. The minimum atomic E-state index is -6.31. The SMILES string of the molecule is CCCCCC1(F)C(F)(F)C(F)(F)C(C)(F)C(F)(F)C1(F)F. The zero-order valence-electron chi connectivity index (χ0n) is 11.6. The fraction of sp³-hybridized carbons (Fsp3) is 1.00. The predicted octanol–water partition coefficient (Wildman–Crippen LogP) is 5.56. The first kappa shape index (κ1) is 19.3. The second kappa shape index (κ2) is 4.90. The molecule has 1 saturated carbocycles. The number of unbranched alkanes of at least 4 members (excludes halogenated alkanes) is 2. The molecule has 0 nitrogen and oxygen atoms in total. The van der Waals surface area contributed by atoms with Crippen LogP contribution in [0.15, 0.2) is 0 Å². The fourth-order valence-electron chi connectivity index (χ4n) is 2.41. The normalized spacial score (nSPS) is 38.7. The maximum Gasteiger partial charge on any atom is 0.353 e. The molecule has 1 fully saturated rings. The van der Waals surface area contributed by atoms with Crippen LogP contribution in [0.3, 0.4) is 0 Å². The molecule has 0 amide bonds. The third kappa shape index (κ3) is 1.84. The van der Waals surface area contributed by atoms with Gasteiger partial charge in [0.05, 0.1) is 0 Å². The van der Waals surface area contributed by atoms with Crippen molar-refractivity contribution >= 4 is 0 Å². The van der Waals surface area contributed by atoms with Crippen LogP contribution in [0.1, 0.15) is 39.5 Å². The molecule has 132 valence electrons. The predicted molar refractivity (Wildman–Crippen MR) is 57.3 cm³/mol. The minimum absolute atomic E-state index is 0.123. The monoisotopic (exact) mass is 348 g/mol. The van der Waals surface area contributed by atoms with Crippen LogP contribution in [-0.4, -0.2) is 35.0 Å². The molecular formula is C12H14F10. The van der Waals surface area contributed by atoms with Crippen molar-refractivity contribution in [3.63, 3.8) is 0 Å². The fourth-order valence-corrected chi connectivity index (χ4v) is 2.41. The van der Waals surface area contributed by atoms with Crippen LogP contribution in [0, 0.1) is 0 Å². The van der Waals surface area contributed by atoms with Crippen molar-refractivity contribution in [2.24, 2.45) is 0 Å².